The molecule has 1 aromatic rings. The maximum Gasteiger partial charge on any atom is 0.170 e. The Hall–Kier alpha value is -1.16. The second-order valence-corrected chi connectivity index (χ2v) is 5.76. The van der Waals surface area contributed by atoms with Crippen molar-refractivity contribution in [3.63, 3.8) is 0 Å². The molecule has 0 radical (unpaired) electrons. The molecule has 1 aromatic carbocycles. The highest BCUT2D eigenvalue weighted by atomic mass is 32.2. The molecule has 92 valence electrons. The Labute approximate surface area is 106 Å². The minimum absolute atomic E-state index is 0.166. The van der Waals surface area contributed by atoms with Gasteiger partial charge in [-0.25, -0.2) is 0 Å². The van der Waals surface area contributed by atoms with Crippen LogP contribution in [0.5, 0.6) is 0 Å². The van der Waals surface area contributed by atoms with Gasteiger partial charge in [0, 0.05) is 15.7 Å². The van der Waals surface area contributed by atoms with Gasteiger partial charge < -0.3 is 10.9 Å². The Bertz CT molecular complexity index is 383. The van der Waals surface area contributed by atoms with E-state index in [-0.39, 0.29) is 5.84 Å². The van der Waals surface area contributed by atoms with Crippen LogP contribution in [0.4, 0.5) is 0 Å². The summed E-state index contributed by atoms with van der Waals surface area (Å²) in [5, 5.41) is 12.3. The first-order valence-electron chi connectivity index (χ1n) is 6.04. The average Bonchev–Trinajstić information content (AvgIpc) is 2.40. The Morgan fingerprint density at radius 1 is 1.18 bits per heavy atom. The van der Waals surface area contributed by atoms with Crippen molar-refractivity contribution in [1.29, 1.82) is 0 Å². The Morgan fingerprint density at radius 3 is 2.41 bits per heavy atom. The van der Waals surface area contributed by atoms with Crippen LogP contribution in [-0.2, 0) is 0 Å². The number of amidine groups is 1. The molecule has 0 spiro atoms. The molecular formula is C13H18N2OS. The smallest absolute Gasteiger partial charge is 0.170 e. The maximum atomic E-state index is 8.58. The quantitative estimate of drug-likeness (QED) is 0.375. The molecule has 0 aliphatic heterocycles. The van der Waals surface area contributed by atoms with Gasteiger partial charge in [0.05, 0.1) is 0 Å². The predicted molar refractivity (Wildman–Crippen MR) is 71.7 cm³/mol. The van der Waals surface area contributed by atoms with E-state index in [2.05, 4.69) is 5.16 Å². The number of rotatable bonds is 3. The van der Waals surface area contributed by atoms with Crippen molar-refractivity contribution < 1.29 is 5.21 Å². The minimum atomic E-state index is 0.166. The van der Waals surface area contributed by atoms with Gasteiger partial charge in [0.15, 0.2) is 5.84 Å². The lowest BCUT2D eigenvalue weighted by molar-refractivity contribution is 0.318. The lowest BCUT2D eigenvalue weighted by atomic mass is 10.0. The molecule has 1 saturated carbocycles. The average molecular weight is 250 g/mol. The molecule has 3 N–H and O–H groups in total. The summed E-state index contributed by atoms with van der Waals surface area (Å²) in [5.74, 6) is 0.166. The number of thioether (sulfide) groups is 1. The van der Waals surface area contributed by atoms with E-state index in [1.807, 2.05) is 36.0 Å². The summed E-state index contributed by atoms with van der Waals surface area (Å²) in [6, 6.07) is 7.90. The fourth-order valence-electron chi connectivity index (χ4n) is 2.14. The summed E-state index contributed by atoms with van der Waals surface area (Å²) in [5.41, 5.74) is 6.29. The van der Waals surface area contributed by atoms with Crippen LogP contribution < -0.4 is 5.73 Å². The van der Waals surface area contributed by atoms with Gasteiger partial charge in [0.25, 0.3) is 0 Å². The Kier molecular flexibility index (Phi) is 4.31. The largest absolute Gasteiger partial charge is 0.409 e. The van der Waals surface area contributed by atoms with Gasteiger partial charge >= 0.3 is 0 Å². The summed E-state index contributed by atoms with van der Waals surface area (Å²) >= 11 is 1.95. The maximum absolute atomic E-state index is 8.58. The Balaban J connectivity index is 1.97. The van der Waals surface area contributed by atoms with E-state index in [4.69, 9.17) is 10.9 Å². The lowest BCUT2D eigenvalue weighted by Crippen LogP contribution is -2.12. The summed E-state index contributed by atoms with van der Waals surface area (Å²) < 4.78 is 0. The first-order valence-corrected chi connectivity index (χ1v) is 6.92. The van der Waals surface area contributed by atoms with Gasteiger partial charge in [0.2, 0.25) is 0 Å². The molecule has 0 amide bonds. The third-order valence-electron chi connectivity index (χ3n) is 3.11. The van der Waals surface area contributed by atoms with E-state index in [1.165, 1.54) is 37.0 Å². The molecular weight excluding hydrogens is 232 g/mol. The number of hydrogen-bond acceptors (Lipinski definition) is 3. The van der Waals surface area contributed by atoms with Gasteiger partial charge in [-0.2, -0.15) is 0 Å². The minimum Gasteiger partial charge on any atom is -0.409 e. The number of benzene rings is 1. The van der Waals surface area contributed by atoms with E-state index in [0.29, 0.717) is 0 Å². The van der Waals surface area contributed by atoms with Crippen LogP contribution >= 0.6 is 11.8 Å². The van der Waals surface area contributed by atoms with Crippen LogP contribution in [0.15, 0.2) is 34.3 Å². The zero-order chi connectivity index (χ0) is 12.1. The van der Waals surface area contributed by atoms with Gasteiger partial charge in [0.1, 0.15) is 0 Å². The highest BCUT2D eigenvalue weighted by Gasteiger charge is 2.14. The summed E-state index contributed by atoms with van der Waals surface area (Å²) in [6.45, 7) is 0. The number of oxime groups is 1. The normalized spacial score (nSPS) is 18.2. The van der Waals surface area contributed by atoms with Crippen molar-refractivity contribution >= 4 is 17.6 Å². The van der Waals surface area contributed by atoms with Crippen molar-refractivity contribution in [2.24, 2.45) is 10.9 Å². The molecule has 0 atom stereocenters. The topological polar surface area (TPSA) is 58.6 Å². The summed E-state index contributed by atoms with van der Waals surface area (Å²) in [7, 11) is 0. The zero-order valence-corrected chi connectivity index (χ0v) is 10.6. The third kappa shape index (κ3) is 3.40. The molecule has 1 aliphatic rings. The third-order valence-corrected chi connectivity index (χ3v) is 4.46. The lowest BCUT2D eigenvalue weighted by Gasteiger charge is -2.20. The molecule has 1 fully saturated rings. The van der Waals surface area contributed by atoms with Gasteiger partial charge in [-0.15, -0.1) is 11.8 Å². The fourth-order valence-corrected chi connectivity index (χ4v) is 3.38. The number of hydrogen-bond donors (Lipinski definition) is 2. The number of nitrogens with zero attached hydrogens (tertiary/aromatic N) is 1. The second-order valence-electron chi connectivity index (χ2n) is 4.39. The molecule has 0 unspecified atom stereocenters. The van der Waals surface area contributed by atoms with Crippen molar-refractivity contribution in [2.75, 3.05) is 0 Å². The van der Waals surface area contributed by atoms with Crippen LogP contribution in [0, 0.1) is 0 Å². The zero-order valence-electron chi connectivity index (χ0n) is 9.80. The van der Waals surface area contributed by atoms with Crippen molar-refractivity contribution in [3.05, 3.63) is 29.8 Å². The molecule has 0 saturated heterocycles. The molecule has 2 rings (SSSR count). The molecule has 0 heterocycles. The molecule has 3 nitrogen and oxygen atoms in total. The molecule has 1 aliphatic carbocycles. The van der Waals surface area contributed by atoms with Gasteiger partial charge in [-0.3, -0.25) is 0 Å². The van der Waals surface area contributed by atoms with Crippen LogP contribution in [0.1, 0.15) is 37.7 Å². The van der Waals surface area contributed by atoms with E-state index in [9.17, 15) is 0 Å². The van der Waals surface area contributed by atoms with Crippen LogP contribution in [0.25, 0.3) is 0 Å². The van der Waals surface area contributed by atoms with Crippen LogP contribution in [0.2, 0.25) is 0 Å². The standard InChI is InChI=1S/C13H18N2OS/c14-13(15-16)10-6-8-12(9-7-10)17-11-4-2-1-3-5-11/h6-9,11,16H,1-5H2,(H2,14,15). The second kappa shape index (κ2) is 5.96. The molecule has 17 heavy (non-hydrogen) atoms. The van der Waals surface area contributed by atoms with Crippen LogP contribution in [-0.4, -0.2) is 16.3 Å². The fraction of sp³-hybridized carbons (Fsp3) is 0.462. The SMILES string of the molecule is N/C(=N\O)c1ccc(SC2CCCCC2)cc1. The highest BCUT2D eigenvalue weighted by molar-refractivity contribution is 8.00. The van der Waals surface area contributed by atoms with Crippen molar-refractivity contribution in [2.45, 2.75) is 42.2 Å². The highest BCUT2D eigenvalue weighted by Crippen LogP contribution is 2.33. The van der Waals surface area contributed by atoms with Gasteiger partial charge in [-0.05, 0) is 25.0 Å². The first kappa shape index (κ1) is 12.3. The predicted octanol–water partition coefficient (Wildman–Crippen LogP) is 3.21. The monoisotopic (exact) mass is 250 g/mol. The van der Waals surface area contributed by atoms with E-state index < -0.39 is 0 Å². The summed E-state index contributed by atoms with van der Waals surface area (Å²) in [4.78, 5) is 1.27. The van der Waals surface area contributed by atoms with Crippen molar-refractivity contribution in [1.82, 2.24) is 0 Å². The van der Waals surface area contributed by atoms with Crippen molar-refractivity contribution in [3.8, 4) is 0 Å². The van der Waals surface area contributed by atoms with Crippen LogP contribution in [0.3, 0.4) is 0 Å². The molecule has 4 heteroatoms. The van der Waals surface area contributed by atoms with E-state index in [0.717, 1.165) is 10.8 Å². The molecule has 0 bridgehead atoms. The van der Waals surface area contributed by atoms with E-state index >= 15 is 0 Å². The van der Waals surface area contributed by atoms with Gasteiger partial charge in [-0.1, -0.05) is 36.6 Å². The summed E-state index contributed by atoms with van der Waals surface area (Å²) in [6.07, 6.45) is 6.76. The first-order chi connectivity index (χ1) is 8.29. The van der Waals surface area contributed by atoms with E-state index in [1.54, 1.807) is 0 Å². The molecule has 0 aromatic heterocycles. The number of nitrogens with two attached hydrogens (primary N) is 1. The Morgan fingerprint density at radius 2 is 1.82 bits per heavy atom.